The van der Waals surface area contributed by atoms with Crippen molar-refractivity contribution in [2.45, 2.75) is 12.5 Å². The highest BCUT2D eigenvalue weighted by Gasteiger charge is 2.20. The Bertz CT molecular complexity index is 657. The monoisotopic (exact) mass is 303 g/mol. The van der Waals surface area contributed by atoms with Gasteiger partial charge in [0.15, 0.2) is 0 Å². The molecule has 0 saturated heterocycles. The van der Waals surface area contributed by atoms with E-state index >= 15 is 0 Å². The maximum atomic E-state index is 6.32. The summed E-state index contributed by atoms with van der Waals surface area (Å²) in [6.45, 7) is 0.730. The maximum Gasteiger partial charge on any atom is 0.124 e. The highest BCUT2D eigenvalue weighted by molar-refractivity contribution is 6.33. The topological polar surface area (TPSA) is 30.5 Å². The van der Waals surface area contributed by atoms with Gasteiger partial charge in [-0.05, 0) is 36.9 Å². The number of methoxy groups -OCH3 is 1. The quantitative estimate of drug-likeness (QED) is 0.927. The van der Waals surface area contributed by atoms with E-state index in [1.165, 1.54) is 5.56 Å². The Hall–Kier alpha value is -1.71. The highest BCUT2D eigenvalue weighted by Crippen LogP contribution is 2.38. The summed E-state index contributed by atoms with van der Waals surface area (Å²) >= 11 is 6.32. The predicted octanol–water partition coefficient (Wildman–Crippen LogP) is 4.06. The summed E-state index contributed by atoms with van der Waals surface area (Å²) in [5.41, 5.74) is 3.19. The lowest BCUT2D eigenvalue weighted by Gasteiger charge is -2.26. The molecule has 0 aliphatic carbocycles. The van der Waals surface area contributed by atoms with Crippen LogP contribution in [0.2, 0.25) is 5.02 Å². The molecule has 0 bridgehead atoms. The average Bonchev–Trinajstić information content (AvgIpc) is 2.54. The van der Waals surface area contributed by atoms with Crippen LogP contribution >= 0.6 is 11.6 Å². The van der Waals surface area contributed by atoms with Crippen LogP contribution in [-0.4, -0.2) is 20.8 Å². The second-order valence-corrected chi connectivity index (χ2v) is 5.48. The van der Waals surface area contributed by atoms with E-state index in [9.17, 15) is 0 Å². The van der Waals surface area contributed by atoms with E-state index in [-0.39, 0.29) is 0 Å². The molecule has 4 heteroatoms. The third-order valence-corrected chi connectivity index (χ3v) is 4.22. The van der Waals surface area contributed by atoms with Crippen LogP contribution in [0.25, 0.3) is 11.1 Å². The third-order valence-electron chi connectivity index (χ3n) is 3.89. The minimum atomic E-state index is 0.351. The van der Waals surface area contributed by atoms with Gasteiger partial charge in [-0.15, -0.1) is 0 Å². The number of hydrogen-bond acceptors (Lipinski definition) is 3. The van der Waals surface area contributed by atoms with E-state index in [0.29, 0.717) is 11.1 Å². The molecule has 0 spiro atoms. The van der Waals surface area contributed by atoms with Crippen LogP contribution in [0.15, 0.2) is 36.4 Å². The minimum absolute atomic E-state index is 0.351. The number of benzene rings is 2. The van der Waals surface area contributed by atoms with E-state index in [2.05, 4.69) is 23.5 Å². The molecule has 1 aliphatic rings. The largest absolute Gasteiger partial charge is 0.497 e. The Labute approximate surface area is 129 Å². The second kappa shape index (κ2) is 5.96. The van der Waals surface area contributed by atoms with Crippen LogP contribution in [0.3, 0.4) is 0 Å². The van der Waals surface area contributed by atoms with Gasteiger partial charge in [0.2, 0.25) is 0 Å². The zero-order chi connectivity index (χ0) is 14.8. The van der Waals surface area contributed by atoms with Gasteiger partial charge in [-0.1, -0.05) is 23.7 Å². The van der Waals surface area contributed by atoms with Crippen LogP contribution in [-0.2, 0) is 0 Å². The van der Waals surface area contributed by atoms with Gasteiger partial charge in [0.05, 0.1) is 13.7 Å². The Morgan fingerprint density at radius 3 is 2.86 bits per heavy atom. The fourth-order valence-corrected chi connectivity index (χ4v) is 2.94. The molecule has 3 nitrogen and oxygen atoms in total. The van der Waals surface area contributed by atoms with Crippen molar-refractivity contribution < 1.29 is 9.47 Å². The number of halogens is 1. The number of rotatable bonds is 3. The molecule has 2 aromatic rings. The fourth-order valence-electron chi connectivity index (χ4n) is 2.71. The van der Waals surface area contributed by atoms with Gasteiger partial charge in [0.25, 0.3) is 0 Å². The molecule has 0 fully saturated rings. The molecule has 1 atom stereocenters. The van der Waals surface area contributed by atoms with Gasteiger partial charge in [0, 0.05) is 28.6 Å². The summed E-state index contributed by atoms with van der Waals surface area (Å²) in [4.78, 5) is 0. The summed E-state index contributed by atoms with van der Waals surface area (Å²) in [6, 6.07) is 12.3. The summed E-state index contributed by atoms with van der Waals surface area (Å²) < 4.78 is 11.1. The predicted molar refractivity (Wildman–Crippen MR) is 85.4 cm³/mol. The molecule has 2 aromatic carbocycles. The van der Waals surface area contributed by atoms with Gasteiger partial charge in [0.1, 0.15) is 11.5 Å². The molecule has 0 radical (unpaired) electrons. The fraction of sp³-hybridized carbons (Fsp3) is 0.294. The molecule has 0 aromatic heterocycles. The molecular formula is C17H18ClNO2. The van der Waals surface area contributed by atoms with Gasteiger partial charge >= 0.3 is 0 Å². The molecule has 110 valence electrons. The molecule has 0 saturated carbocycles. The van der Waals surface area contributed by atoms with Gasteiger partial charge in [-0.25, -0.2) is 0 Å². The first kappa shape index (κ1) is 14.2. The van der Waals surface area contributed by atoms with E-state index in [1.54, 1.807) is 7.11 Å². The number of fused-ring (bicyclic) bond motifs is 1. The molecule has 0 unspecified atom stereocenters. The van der Waals surface area contributed by atoms with Crippen molar-refractivity contribution in [2.24, 2.45) is 0 Å². The lowest BCUT2D eigenvalue weighted by Crippen LogP contribution is -2.23. The van der Waals surface area contributed by atoms with Crippen LogP contribution in [0.4, 0.5) is 0 Å². The molecule has 1 aliphatic heterocycles. The van der Waals surface area contributed by atoms with Gasteiger partial charge in [-0.3, -0.25) is 0 Å². The van der Waals surface area contributed by atoms with Crippen molar-refractivity contribution in [3.8, 4) is 22.6 Å². The van der Waals surface area contributed by atoms with Crippen molar-refractivity contribution >= 4 is 11.6 Å². The first-order valence-electron chi connectivity index (χ1n) is 7.01. The molecule has 0 amide bonds. The minimum Gasteiger partial charge on any atom is -0.497 e. The third kappa shape index (κ3) is 2.71. The SMILES string of the molecule is CN[C@@H]1CCOc2cc(-c3cc(OC)ccc3Cl)ccc21. The Balaban J connectivity index is 2.04. The number of hydrogen-bond donors (Lipinski definition) is 1. The van der Waals surface area contributed by atoms with Crippen molar-refractivity contribution in [3.05, 3.63) is 47.0 Å². The summed E-state index contributed by atoms with van der Waals surface area (Å²) in [5, 5.41) is 4.03. The lowest BCUT2D eigenvalue weighted by atomic mass is 9.96. The lowest BCUT2D eigenvalue weighted by molar-refractivity contribution is 0.257. The van der Waals surface area contributed by atoms with E-state index < -0.39 is 0 Å². The standard InChI is InChI=1S/C17H18ClNO2/c1-19-16-7-8-21-17-9-11(3-5-13(16)17)14-10-12(20-2)4-6-15(14)18/h3-6,9-10,16,19H,7-8H2,1-2H3/t16-/m1/s1. The summed E-state index contributed by atoms with van der Waals surface area (Å²) in [6.07, 6.45) is 0.989. The summed E-state index contributed by atoms with van der Waals surface area (Å²) in [5.74, 6) is 1.72. The van der Waals surface area contributed by atoms with Gasteiger partial charge in [-0.2, -0.15) is 0 Å². The van der Waals surface area contributed by atoms with Crippen molar-refractivity contribution in [1.82, 2.24) is 5.32 Å². The Kier molecular flexibility index (Phi) is 4.04. The zero-order valence-corrected chi connectivity index (χ0v) is 12.9. The smallest absolute Gasteiger partial charge is 0.124 e. The highest BCUT2D eigenvalue weighted by atomic mass is 35.5. The Morgan fingerprint density at radius 2 is 2.10 bits per heavy atom. The molecule has 1 heterocycles. The van der Waals surface area contributed by atoms with E-state index in [4.69, 9.17) is 21.1 Å². The van der Waals surface area contributed by atoms with E-state index in [1.807, 2.05) is 25.2 Å². The normalized spacial score (nSPS) is 17.0. The zero-order valence-electron chi connectivity index (χ0n) is 12.2. The molecule has 3 rings (SSSR count). The Morgan fingerprint density at radius 1 is 1.24 bits per heavy atom. The van der Waals surface area contributed by atoms with Crippen LogP contribution in [0.5, 0.6) is 11.5 Å². The maximum absolute atomic E-state index is 6.32. The average molecular weight is 304 g/mol. The van der Waals surface area contributed by atoms with Crippen molar-refractivity contribution in [1.29, 1.82) is 0 Å². The first-order chi connectivity index (χ1) is 10.2. The van der Waals surface area contributed by atoms with Crippen LogP contribution in [0, 0.1) is 0 Å². The van der Waals surface area contributed by atoms with Crippen molar-refractivity contribution in [3.63, 3.8) is 0 Å². The number of ether oxygens (including phenoxy) is 2. The second-order valence-electron chi connectivity index (χ2n) is 5.08. The molecular weight excluding hydrogens is 286 g/mol. The van der Waals surface area contributed by atoms with Crippen LogP contribution in [0.1, 0.15) is 18.0 Å². The van der Waals surface area contributed by atoms with Gasteiger partial charge < -0.3 is 14.8 Å². The molecule has 1 N–H and O–H groups in total. The van der Waals surface area contributed by atoms with E-state index in [0.717, 1.165) is 35.7 Å². The molecule has 21 heavy (non-hydrogen) atoms. The first-order valence-corrected chi connectivity index (χ1v) is 7.38. The van der Waals surface area contributed by atoms with Crippen molar-refractivity contribution in [2.75, 3.05) is 20.8 Å². The summed E-state index contributed by atoms with van der Waals surface area (Å²) in [7, 11) is 3.63. The van der Waals surface area contributed by atoms with Crippen LogP contribution < -0.4 is 14.8 Å². The number of nitrogens with one attached hydrogen (secondary N) is 1.